The van der Waals surface area contributed by atoms with Crippen molar-refractivity contribution in [3.8, 4) is 0 Å². The SMILES string of the molecule is NCC(SCC1CCCO1)c1ccc(Br)cc1. The molecule has 2 N–H and O–H groups in total. The van der Waals surface area contributed by atoms with Crippen molar-refractivity contribution in [3.63, 3.8) is 0 Å². The first kappa shape index (κ1) is 13.4. The molecular weight excluding hydrogens is 298 g/mol. The first-order valence-electron chi connectivity index (χ1n) is 5.98. The van der Waals surface area contributed by atoms with Crippen molar-refractivity contribution < 1.29 is 4.74 Å². The molecule has 0 saturated carbocycles. The minimum atomic E-state index is 0.382. The molecule has 0 aromatic heterocycles. The van der Waals surface area contributed by atoms with E-state index in [2.05, 4.69) is 40.2 Å². The zero-order chi connectivity index (χ0) is 12.1. The van der Waals surface area contributed by atoms with Crippen LogP contribution in [0.5, 0.6) is 0 Å². The second kappa shape index (κ2) is 6.78. The van der Waals surface area contributed by atoms with Crippen LogP contribution in [0.15, 0.2) is 28.7 Å². The van der Waals surface area contributed by atoms with Gasteiger partial charge < -0.3 is 10.5 Å². The van der Waals surface area contributed by atoms with Gasteiger partial charge in [-0.3, -0.25) is 0 Å². The molecule has 2 atom stereocenters. The predicted molar refractivity (Wildman–Crippen MR) is 77.4 cm³/mol. The van der Waals surface area contributed by atoms with Crippen LogP contribution in [-0.2, 0) is 4.74 Å². The fourth-order valence-electron chi connectivity index (χ4n) is 1.98. The summed E-state index contributed by atoms with van der Waals surface area (Å²) in [5.41, 5.74) is 7.16. The van der Waals surface area contributed by atoms with Crippen LogP contribution in [0.3, 0.4) is 0 Å². The van der Waals surface area contributed by atoms with Gasteiger partial charge in [0.15, 0.2) is 0 Å². The zero-order valence-electron chi connectivity index (χ0n) is 9.77. The lowest BCUT2D eigenvalue weighted by Crippen LogP contribution is -2.14. The molecule has 1 aliphatic rings. The Labute approximate surface area is 115 Å². The quantitative estimate of drug-likeness (QED) is 0.905. The molecule has 17 heavy (non-hydrogen) atoms. The second-order valence-electron chi connectivity index (χ2n) is 4.24. The average Bonchev–Trinajstić information content (AvgIpc) is 2.85. The van der Waals surface area contributed by atoms with Gasteiger partial charge in [-0.1, -0.05) is 28.1 Å². The van der Waals surface area contributed by atoms with Crippen LogP contribution in [0.4, 0.5) is 0 Å². The third kappa shape index (κ3) is 3.98. The summed E-state index contributed by atoms with van der Waals surface area (Å²) in [5.74, 6) is 1.05. The number of rotatable bonds is 5. The van der Waals surface area contributed by atoms with Crippen LogP contribution >= 0.6 is 27.7 Å². The van der Waals surface area contributed by atoms with Crippen LogP contribution in [0.2, 0.25) is 0 Å². The lowest BCUT2D eigenvalue weighted by molar-refractivity contribution is 0.129. The van der Waals surface area contributed by atoms with Crippen LogP contribution in [0.25, 0.3) is 0 Å². The molecule has 2 nitrogen and oxygen atoms in total. The summed E-state index contributed by atoms with van der Waals surface area (Å²) in [6.45, 7) is 1.61. The summed E-state index contributed by atoms with van der Waals surface area (Å²) in [4.78, 5) is 0. The number of benzene rings is 1. The van der Waals surface area contributed by atoms with Crippen LogP contribution in [0.1, 0.15) is 23.7 Å². The van der Waals surface area contributed by atoms with Crippen LogP contribution in [0, 0.1) is 0 Å². The van der Waals surface area contributed by atoms with Gasteiger partial charge in [-0.05, 0) is 30.5 Å². The van der Waals surface area contributed by atoms with Crippen molar-refractivity contribution in [2.45, 2.75) is 24.2 Å². The minimum Gasteiger partial charge on any atom is -0.377 e. The van der Waals surface area contributed by atoms with Gasteiger partial charge in [0.2, 0.25) is 0 Å². The number of hydrogen-bond donors (Lipinski definition) is 1. The lowest BCUT2D eigenvalue weighted by atomic mass is 10.1. The molecule has 1 saturated heterocycles. The van der Waals surface area contributed by atoms with Gasteiger partial charge >= 0.3 is 0 Å². The van der Waals surface area contributed by atoms with Gasteiger partial charge in [0, 0.05) is 28.6 Å². The minimum absolute atomic E-state index is 0.382. The van der Waals surface area contributed by atoms with E-state index in [1.54, 1.807) is 0 Å². The first-order valence-corrected chi connectivity index (χ1v) is 7.82. The Bertz CT molecular complexity index is 338. The van der Waals surface area contributed by atoms with Gasteiger partial charge in [-0.15, -0.1) is 11.8 Å². The predicted octanol–water partition coefficient (Wildman–Crippen LogP) is 3.36. The molecule has 0 amide bonds. The first-order chi connectivity index (χ1) is 8.29. The maximum absolute atomic E-state index is 5.85. The molecule has 1 aromatic rings. The molecule has 1 fully saturated rings. The molecule has 0 spiro atoms. The molecule has 1 aromatic carbocycles. The molecule has 2 rings (SSSR count). The van der Waals surface area contributed by atoms with Gasteiger partial charge in [0.1, 0.15) is 0 Å². The summed E-state index contributed by atoms with van der Waals surface area (Å²) in [6, 6.07) is 8.43. The fraction of sp³-hybridized carbons (Fsp3) is 0.538. The van der Waals surface area contributed by atoms with Crippen molar-refractivity contribution in [1.82, 2.24) is 0 Å². The molecule has 0 radical (unpaired) electrons. The molecular formula is C13H18BrNOS. The third-order valence-electron chi connectivity index (χ3n) is 2.96. The van der Waals surface area contributed by atoms with E-state index in [0.29, 0.717) is 17.9 Å². The van der Waals surface area contributed by atoms with Crippen molar-refractivity contribution >= 4 is 27.7 Å². The average molecular weight is 316 g/mol. The monoisotopic (exact) mass is 315 g/mol. The van der Waals surface area contributed by atoms with Crippen molar-refractivity contribution in [1.29, 1.82) is 0 Å². The Morgan fingerprint density at radius 2 is 2.18 bits per heavy atom. The number of nitrogens with two attached hydrogens (primary N) is 1. The van der Waals surface area contributed by atoms with Crippen molar-refractivity contribution in [2.75, 3.05) is 18.9 Å². The Morgan fingerprint density at radius 1 is 1.41 bits per heavy atom. The molecule has 94 valence electrons. The number of thioether (sulfide) groups is 1. The fourth-order valence-corrected chi connectivity index (χ4v) is 3.44. The maximum atomic E-state index is 5.85. The summed E-state index contributed by atoms with van der Waals surface area (Å²) in [7, 11) is 0. The van der Waals surface area contributed by atoms with E-state index in [-0.39, 0.29) is 0 Å². The van der Waals surface area contributed by atoms with Crippen molar-refractivity contribution in [3.05, 3.63) is 34.3 Å². The highest BCUT2D eigenvalue weighted by Crippen LogP contribution is 2.31. The Balaban J connectivity index is 1.89. The normalized spacial score (nSPS) is 21.6. The molecule has 1 aliphatic heterocycles. The van der Waals surface area contributed by atoms with Crippen LogP contribution < -0.4 is 5.73 Å². The third-order valence-corrected chi connectivity index (χ3v) is 4.92. The van der Waals surface area contributed by atoms with Crippen LogP contribution in [-0.4, -0.2) is 25.0 Å². The molecule has 2 unspecified atom stereocenters. The largest absolute Gasteiger partial charge is 0.377 e. The van der Waals surface area contributed by atoms with E-state index in [4.69, 9.17) is 10.5 Å². The smallest absolute Gasteiger partial charge is 0.0666 e. The topological polar surface area (TPSA) is 35.2 Å². The summed E-state index contributed by atoms with van der Waals surface area (Å²) in [6.07, 6.45) is 2.84. The van der Waals surface area contributed by atoms with E-state index in [1.165, 1.54) is 18.4 Å². The highest BCUT2D eigenvalue weighted by molar-refractivity contribution is 9.10. The lowest BCUT2D eigenvalue weighted by Gasteiger charge is -2.17. The van der Waals surface area contributed by atoms with Gasteiger partial charge in [0.05, 0.1) is 6.10 Å². The molecule has 4 heteroatoms. The van der Waals surface area contributed by atoms with Gasteiger partial charge in [-0.2, -0.15) is 0 Å². The van der Waals surface area contributed by atoms with Gasteiger partial charge in [0.25, 0.3) is 0 Å². The van der Waals surface area contributed by atoms with E-state index in [9.17, 15) is 0 Å². The highest BCUT2D eigenvalue weighted by Gasteiger charge is 2.18. The van der Waals surface area contributed by atoms with E-state index >= 15 is 0 Å². The van der Waals surface area contributed by atoms with E-state index in [1.807, 2.05) is 11.8 Å². The highest BCUT2D eigenvalue weighted by atomic mass is 79.9. The number of ether oxygens (including phenoxy) is 1. The van der Waals surface area contributed by atoms with E-state index in [0.717, 1.165) is 16.8 Å². The Kier molecular flexibility index (Phi) is 5.35. The number of hydrogen-bond acceptors (Lipinski definition) is 3. The molecule has 1 heterocycles. The second-order valence-corrected chi connectivity index (χ2v) is 6.40. The van der Waals surface area contributed by atoms with Gasteiger partial charge in [-0.25, -0.2) is 0 Å². The number of halogens is 1. The summed E-state index contributed by atoms with van der Waals surface area (Å²) < 4.78 is 6.75. The zero-order valence-corrected chi connectivity index (χ0v) is 12.2. The molecule has 0 bridgehead atoms. The van der Waals surface area contributed by atoms with E-state index < -0.39 is 0 Å². The maximum Gasteiger partial charge on any atom is 0.0666 e. The van der Waals surface area contributed by atoms with Crippen molar-refractivity contribution in [2.24, 2.45) is 5.73 Å². The Hall–Kier alpha value is -0.0300. The Morgan fingerprint density at radius 3 is 2.76 bits per heavy atom. The summed E-state index contributed by atoms with van der Waals surface area (Å²) in [5, 5.41) is 0.382. The molecule has 0 aliphatic carbocycles. The standard InChI is InChI=1S/C13H18BrNOS/c14-11-5-3-10(4-6-11)13(8-15)17-9-12-2-1-7-16-12/h3-6,12-13H,1-2,7-9,15H2. The summed E-state index contributed by atoms with van der Waals surface area (Å²) >= 11 is 5.36.